The molecule has 3 rings (SSSR count). The molecule has 0 amide bonds. The fourth-order valence-electron chi connectivity index (χ4n) is 2.40. The van der Waals surface area contributed by atoms with Gasteiger partial charge in [-0.2, -0.15) is 0 Å². The molecule has 0 unspecified atom stereocenters. The molecule has 0 bridgehead atoms. The van der Waals surface area contributed by atoms with Crippen molar-refractivity contribution in [3.8, 4) is 22.8 Å². The SMILES string of the molecule is COc1ccc(-c2csc(Nc3cccc(C(C)=O)c3)n2)cc1OC. The number of Topliss-reactive ketones (excluding diaryl/α,β-unsaturated/α-hetero) is 1. The molecule has 5 nitrogen and oxygen atoms in total. The van der Waals surface area contributed by atoms with Gasteiger partial charge in [-0.3, -0.25) is 4.79 Å². The summed E-state index contributed by atoms with van der Waals surface area (Å²) in [5, 5.41) is 5.97. The molecule has 0 atom stereocenters. The van der Waals surface area contributed by atoms with E-state index in [-0.39, 0.29) is 5.78 Å². The van der Waals surface area contributed by atoms with Gasteiger partial charge >= 0.3 is 0 Å². The summed E-state index contributed by atoms with van der Waals surface area (Å²) in [4.78, 5) is 16.1. The molecule has 0 spiro atoms. The van der Waals surface area contributed by atoms with Gasteiger partial charge in [0.15, 0.2) is 22.4 Å². The number of ether oxygens (including phenoxy) is 2. The number of carbonyl (C=O) groups excluding carboxylic acids is 1. The number of benzene rings is 2. The van der Waals surface area contributed by atoms with Crippen molar-refractivity contribution in [2.45, 2.75) is 6.92 Å². The third kappa shape index (κ3) is 3.80. The van der Waals surface area contributed by atoms with E-state index in [1.54, 1.807) is 27.2 Å². The zero-order valence-electron chi connectivity index (χ0n) is 14.2. The number of ketones is 1. The number of methoxy groups -OCH3 is 2. The smallest absolute Gasteiger partial charge is 0.187 e. The topological polar surface area (TPSA) is 60.5 Å². The van der Waals surface area contributed by atoms with Crippen molar-refractivity contribution in [1.29, 1.82) is 0 Å². The van der Waals surface area contributed by atoms with Gasteiger partial charge in [0, 0.05) is 22.2 Å². The van der Waals surface area contributed by atoms with Crippen LogP contribution in [0.2, 0.25) is 0 Å². The number of aromatic nitrogens is 1. The molecule has 0 fully saturated rings. The molecule has 25 heavy (non-hydrogen) atoms. The Hall–Kier alpha value is -2.86. The van der Waals surface area contributed by atoms with E-state index in [0.29, 0.717) is 17.1 Å². The molecule has 0 saturated carbocycles. The van der Waals surface area contributed by atoms with Crippen molar-refractivity contribution >= 4 is 27.9 Å². The Morgan fingerprint density at radius 1 is 1.08 bits per heavy atom. The van der Waals surface area contributed by atoms with Crippen LogP contribution in [0, 0.1) is 0 Å². The quantitative estimate of drug-likeness (QED) is 0.646. The van der Waals surface area contributed by atoms with Crippen LogP contribution in [0.3, 0.4) is 0 Å². The summed E-state index contributed by atoms with van der Waals surface area (Å²) in [5.74, 6) is 1.38. The molecule has 3 aromatic rings. The van der Waals surface area contributed by atoms with E-state index in [1.807, 2.05) is 41.8 Å². The Labute approximate surface area is 150 Å². The second-order valence-corrected chi connectivity index (χ2v) is 6.23. The molecular formula is C19H18N2O3S. The molecule has 0 radical (unpaired) electrons. The van der Waals surface area contributed by atoms with Crippen molar-refractivity contribution in [1.82, 2.24) is 4.98 Å². The van der Waals surface area contributed by atoms with Crippen LogP contribution in [0.5, 0.6) is 11.5 Å². The van der Waals surface area contributed by atoms with Crippen molar-refractivity contribution in [3.05, 3.63) is 53.4 Å². The average molecular weight is 354 g/mol. The maximum Gasteiger partial charge on any atom is 0.187 e. The molecule has 128 valence electrons. The fourth-order valence-corrected chi connectivity index (χ4v) is 3.14. The van der Waals surface area contributed by atoms with Gasteiger partial charge in [-0.15, -0.1) is 11.3 Å². The first-order valence-electron chi connectivity index (χ1n) is 7.66. The number of anilines is 2. The lowest BCUT2D eigenvalue weighted by Crippen LogP contribution is -1.95. The molecule has 6 heteroatoms. The zero-order chi connectivity index (χ0) is 17.8. The number of carbonyl (C=O) groups is 1. The minimum absolute atomic E-state index is 0.0359. The third-order valence-electron chi connectivity index (χ3n) is 3.70. The van der Waals surface area contributed by atoms with Crippen LogP contribution < -0.4 is 14.8 Å². The molecule has 0 aliphatic carbocycles. The fraction of sp³-hybridized carbons (Fsp3) is 0.158. The minimum atomic E-state index is 0.0359. The van der Waals surface area contributed by atoms with E-state index in [1.165, 1.54) is 11.3 Å². The summed E-state index contributed by atoms with van der Waals surface area (Å²) in [6.07, 6.45) is 0. The molecule has 1 heterocycles. The first-order valence-corrected chi connectivity index (χ1v) is 8.54. The number of rotatable bonds is 6. The number of nitrogens with one attached hydrogen (secondary N) is 1. The van der Waals surface area contributed by atoms with E-state index >= 15 is 0 Å². The Morgan fingerprint density at radius 3 is 2.60 bits per heavy atom. The van der Waals surface area contributed by atoms with E-state index in [9.17, 15) is 4.79 Å². The second-order valence-electron chi connectivity index (χ2n) is 5.37. The van der Waals surface area contributed by atoms with Crippen molar-refractivity contribution in [2.75, 3.05) is 19.5 Å². The van der Waals surface area contributed by atoms with Crippen LogP contribution in [0.4, 0.5) is 10.8 Å². The normalized spacial score (nSPS) is 10.4. The highest BCUT2D eigenvalue weighted by atomic mass is 32.1. The van der Waals surface area contributed by atoms with Crippen LogP contribution in [0.15, 0.2) is 47.8 Å². The van der Waals surface area contributed by atoms with Gasteiger partial charge in [-0.05, 0) is 37.3 Å². The number of thiazole rings is 1. The maximum absolute atomic E-state index is 11.5. The third-order valence-corrected chi connectivity index (χ3v) is 4.46. The van der Waals surface area contributed by atoms with E-state index in [2.05, 4.69) is 10.3 Å². The van der Waals surface area contributed by atoms with Crippen LogP contribution in [0.1, 0.15) is 17.3 Å². The number of nitrogens with zero attached hydrogens (tertiary/aromatic N) is 1. The monoisotopic (exact) mass is 354 g/mol. The van der Waals surface area contributed by atoms with Crippen molar-refractivity contribution < 1.29 is 14.3 Å². The molecule has 0 aliphatic heterocycles. The summed E-state index contributed by atoms with van der Waals surface area (Å²) in [5.41, 5.74) is 3.29. The second kappa shape index (κ2) is 7.36. The van der Waals surface area contributed by atoms with Gasteiger partial charge in [0.1, 0.15) is 0 Å². The van der Waals surface area contributed by atoms with Crippen molar-refractivity contribution in [2.24, 2.45) is 0 Å². The Bertz CT molecular complexity index is 905. The van der Waals surface area contributed by atoms with Gasteiger partial charge in [0.05, 0.1) is 19.9 Å². The standard InChI is InChI=1S/C19H18N2O3S/c1-12(22)13-5-4-6-15(9-13)20-19-21-16(11-25-19)14-7-8-17(23-2)18(10-14)24-3/h4-11H,1-3H3,(H,20,21). The number of hydrogen-bond donors (Lipinski definition) is 1. The van der Waals surface area contributed by atoms with E-state index in [0.717, 1.165) is 22.1 Å². The zero-order valence-corrected chi connectivity index (χ0v) is 15.0. The minimum Gasteiger partial charge on any atom is -0.493 e. The molecule has 0 aliphatic rings. The predicted octanol–water partition coefficient (Wildman–Crippen LogP) is 4.77. The molecule has 1 N–H and O–H groups in total. The maximum atomic E-state index is 11.5. The van der Waals surface area contributed by atoms with E-state index in [4.69, 9.17) is 9.47 Å². The van der Waals surface area contributed by atoms with E-state index < -0.39 is 0 Å². The Kier molecular flexibility index (Phi) is 5.00. The van der Waals surface area contributed by atoms with Crippen LogP contribution in [-0.2, 0) is 0 Å². The largest absolute Gasteiger partial charge is 0.493 e. The first-order chi connectivity index (χ1) is 12.1. The summed E-state index contributed by atoms with van der Waals surface area (Å²) in [6, 6.07) is 13.1. The molecule has 1 aromatic heterocycles. The molecule has 2 aromatic carbocycles. The van der Waals surface area contributed by atoms with Gasteiger partial charge in [0.25, 0.3) is 0 Å². The lowest BCUT2D eigenvalue weighted by molar-refractivity contribution is 0.101. The van der Waals surface area contributed by atoms with Crippen LogP contribution in [-0.4, -0.2) is 25.0 Å². The van der Waals surface area contributed by atoms with Gasteiger partial charge in [0.2, 0.25) is 0 Å². The van der Waals surface area contributed by atoms with Crippen molar-refractivity contribution in [3.63, 3.8) is 0 Å². The first kappa shape index (κ1) is 17.0. The summed E-state index contributed by atoms with van der Waals surface area (Å²) < 4.78 is 10.6. The average Bonchev–Trinajstić information content (AvgIpc) is 3.09. The lowest BCUT2D eigenvalue weighted by atomic mass is 10.1. The Morgan fingerprint density at radius 2 is 1.88 bits per heavy atom. The molecule has 0 saturated heterocycles. The van der Waals surface area contributed by atoms with Gasteiger partial charge < -0.3 is 14.8 Å². The summed E-state index contributed by atoms with van der Waals surface area (Å²) in [7, 11) is 3.22. The molecular weight excluding hydrogens is 336 g/mol. The van der Waals surface area contributed by atoms with Crippen LogP contribution >= 0.6 is 11.3 Å². The predicted molar refractivity (Wildman–Crippen MR) is 100 cm³/mol. The summed E-state index contributed by atoms with van der Waals surface area (Å²) in [6.45, 7) is 1.55. The highest BCUT2D eigenvalue weighted by molar-refractivity contribution is 7.14. The van der Waals surface area contributed by atoms with Gasteiger partial charge in [-0.25, -0.2) is 4.98 Å². The highest BCUT2D eigenvalue weighted by Gasteiger charge is 2.10. The summed E-state index contributed by atoms with van der Waals surface area (Å²) >= 11 is 1.50. The highest BCUT2D eigenvalue weighted by Crippen LogP contribution is 2.34. The van der Waals surface area contributed by atoms with Crippen LogP contribution in [0.25, 0.3) is 11.3 Å². The Balaban J connectivity index is 1.83. The van der Waals surface area contributed by atoms with Gasteiger partial charge in [-0.1, -0.05) is 12.1 Å². The lowest BCUT2D eigenvalue weighted by Gasteiger charge is -2.08. The number of hydrogen-bond acceptors (Lipinski definition) is 6.